The number of hydrogen-bond donors (Lipinski definition) is 1. The third-order valence-electron chi connectivity index (χ3n) is 2.88. The van der Waals surface area contributed by atoms with E-state index in [4.69, 9.17) is 21.4 Å². The number of benzene rings is 1. The molecule has 0 heterocycles. The molecule has 5 heteroatoms. The molecule has 1 aromatic carbocycles. The van der Waals surface area contributed by atoms with Crippen LogP contribution in [0.1, 0.15) is 26.2 Å². The summed E-state index contributed by atoms with van der Waals surface area (Å²) in [7, 11) is 1.57. The summed E-state index contributed by atoms with van der Waals surface area (Å²) in [6.45, 7) is 3.42. The van der Waals surface area contributed by atoms with E-state index in [1.165, 1.54) is 0 Å². The molecule has 1 aromatic rings. The van der Waals surface area contributed by atoms with Gasteiger partial charge in [0, 0.05) is 18.8 Å². The zero-order valence-corrected chi connectivity index (χ0v) is 12.1. The number of carbonyl (C=O) groups is 1. The van der Waals surface area contributed by atoms with E-state index in [-0.39, 0.29) is 6.42 Å². The van der Waals surface area contributed by atoms with Crippen molar-refractivity contribution in [2.75, 3.05) is 25.1 Å². The number of rotatable bonds is 8. The number of hydrogen-bond acceptors (Lipinski definition) is 3. The average Bonchev–Trinajstić information content (AvgIpc) is 2.38. The summed E-state index contributed by atoms with van der Waals surface area (Å²) in [5.41, 5.74) is 0.931. The Morgan fingerprint density at radius 3 is 2.68 bits per heavy atom. The maximum Gasteiger partial charge on any atom is 0.305 e. The average molecular weight is 286 g/mol. The lowest BCUT2D eigenvalue weighted by molar-refractivity contribution is -0.136. The molecule has 0 atom stereocenters. The number of methoxy groups -OCH3 is 1. The van der Waals surface area contributed by atoms with Crippen molar-refractivity contribution < 1.29 is 14.6 Å². The fourth-order valence-electron chi connectivity index (χ4n) is 1.80. The van der Waals surface area contributed by atoms with E-state index < -0.39 is 5.97 Å². The molecule has 0 aromatic heterocycles. The van der Waals surface area contributed by atoms with Gasteiger partial charge in [-0.2, -0.15) is 0 Å². The molecular weight excluding hydrogens is 266 g/mol. The zero-order chi connectivity index (χ0) is 14.3. The van der Waals surface area contributed by atoms with Crippen molar-refractivity contribution in [3.05, 3.63) is 23.2 Å². The Bertz CT molecular complexity index is 423. The van der Waals surface area contributed by atoms with Gasteiger partial charge in [0.25, 0.3) is 0 Å². The zero-order valence-electron chi connectivity index (χ0n) is 11.4. The van der Waals surface area contributed by atoms with Gasteiger partial charge < -0.3 is 14.7 Å². The summed E-state index contributed by atoms with van der Waals surface area (Å²) >= 11 is 6.10. The van der Waals surface area contributed by atoms with Crippen LogP contribution in [0, 0.1) is 0 Å². The molecule has 4 nitrogen and oxygen atoms in total. The highest BCUT2D eigenvalue weighted by atomic mass is 35.5. The molecule has 0 amide bonds. The standard InChI is InChI=1S/C14H20ClNO3/c1-3-4-8-16(9-7-14(17)18)11-5-6-13(19-2)12(15)10-11/h5-6,10H,3-4,7-9H2,1-2H3,(H,17,18). The molecule has 106 valence electrons. The maximum absolute atomic E-state index is 10.7. The number of ether oxygens (including phenoxy) is 1. The Hall–Kier alpha value is -1.42. The van der Waals surface area contributed by atoms with E-state index >= 15 is 0 Å². The summed E-state index contributed by atoms with van der Waals surface area (Å²) in [6.07, 6.45) is 2.20. The fourth-order valence-corrected chi connectivity index (χ4v) is 2.05. The van der Waals surface area contributed by atoms with Crippen molar-refractivity contribution in [3.8, 4) is 5.75 Å². The Kier molecular flexibility index (Phi) is 6.50. The molecule has 0 bridgehead atoms. The molecule has 0 radical (unpaired) electrons. The van der Waals surface area contributed by atoms with Crippen LogP contribution in [0.3, 0.4) is 0 Å². The summed E-state index contributed by atoms with van der Waals surface area (Å²) in [6, 6.07) is 5.53. The van der Waals surface area contributed by atoms with E-state index in [0.29, 0.717) is 17.3 Å². The van der Waals surface area contributed by atoms with Gasteiger partial charge >= 0.3 is 5.97 Å². The highest BCUT2D eigenvalue weighted by Crippen LogP contribution is 2.29. The van der Waals surface area contributed by atoms with Crippen LogP contribution in [-0.2, 0) is 4.79 Å². The van der Waals surface area contributed by atoms with Crippen molar-refractivity contribution in [2.24, 2.45) is 0 Å². The van der Waals surface area contributed by atoms with Crippen molar-refractivity contribution in [3.63, 3.8) is 0 Å². The molecule has 1 N–H and O–H groups in total. The first kappa shape index (κ1) is 15.6. The Labute approximate surface area is 118 Å². The lowest BCUT2D eigenvalue weighted by Gasteiger charge is -2.24. The SMILES string of the molecule is CCCCN(CCC(=O)O)c1ccc(OC)c(Cl)c1. The van der Waals surface area contributed by atoms with Crippen molar-refractivity contribution in [1.29, 1.82) is 0 Å². The number of carboxylic acids is 1. The molecule has 0 saturated heterocycles. The Balaban J connectivity index is 2.83. The highest BCUT2D eigenvalue weighted by Gasteiger charge is 2.10. The van der Waals surface area contributed by atoms with Crippen LogP contribution in [0.5, 0.6) is 5.75 Å². The van der Waals surface area contributed by atoms with Crippen LogP contribution in [0.4, 0.5) is 5.69 Å². The minimum atomic E-state index is -0.791. The molecule has 1 rings (SSSR count). The first-order valence-corrected chi connectivity index (χ1v) is 6.76. The number of carboxylic acid groups (broad SMARTS) is 1. The van der Waals surface area contributed by atoms with Crippen molar-refractivity contribution in [1.82, 2.24) is 0 Å². The van der Waals surface area contributed by atoms with Gasteiger partial charge in [-0.25, -0.2) is 0 Å². The first-order chi connectivity index (χ1) is 9.08. The fraction of sp³-hybridized carbons (Fsp3) is 0.500. The van der Waals surface area contributed by atoms with E-state index in [2.05, 4.69) is 6.92 Å². The second kappa shape index (κ2) is 7.89. The van der Waals surface area contributed by atoms with Gasteiger partial charge in [0.2, 0.25) is 0 Å². The second-order valence-electron chi connectivity index (χ2n) is 4.30. The lowest BCUT2D eigenvalue weighted by Crippen LogP contribution is -2.27. The topological polar surface area (TPSA) is 49.8 Å². The van der Waals surface area contributed by atoms with Gasteiger partial charge in [0.1, 0.15) is 5.75 Å². The third-order valence-corrected chi connectivity index (χ3v) is 3.17. The second-order valence-corrected chi connectivity index (χ2v) is 4.71. The first-order valence-electron chi connectivity index (χ1n) is 6.38. The highest BCUT2D eigenvalue weighted by molar-refractivity contribution is 6.32. The van der Waals surface area contributed by atoms with Gasteiger partial charge in [0.05, 0.1) is 18.6 Å². The molecule has 0 fully saturated rings. The van der Waals surface area contributed by atoms with Crippen LogP contribution >= 0.6 is 11.6 Å². The van der Waals surface area contributed by atoms with Gasteiger partial charge in [-0.3, -0.25) is 4.79 Å². The quantitative estimate of drug-likeness (QED) is 0.795. The number of halogens is 1. The normalized spacial score (nSPS) is 10.3. The predicted molar refractivity (Wildman–Crippen MR) is 77.4 cm³/mol. The molecule has 0 aliphatic rings. The number of aliphatic carboxylic acids is 1. The summed E-state index contributed by atoms with van der Waals surface area (Å²) in [4.78, 5) is 12.7. The van der Waals surface area contributed by atoms with Gasteiger partial charge in [-0.05, 0) is 24.6 Å². The van der Waals surface area contributed by atoms with Crippen molar-refractivity contribution in [2.45, 2.75) is 26.2 Å². The van der Waals surface area contributed by atoms with E-state index in [1.54, 1.807) is 13.2 Å². The van der Waals surface area contributed by atoms with Crippen molar-refractivity contribution >= 4 is 23.3 Å². The van der Waals surface area contributed by atoms with Gasteiger partial charge in [0.15, 0.2) is 0 Å². The smallest absolute Gasteiger partial charge is 0.305 e. The number of nitrogens with zero attached hydrogens (tertiary/aromatic N) is 1. The van der Waals surface area contributed by atoms with Crippen LogP contribution in [-0.4, -0.2) is 31.3 Å². The predicted octanol–water partition coefficient (Wildman–Crippen LogP) is 3.43. The van der Waals surface area contributed by atoms with Crippen LogP contribution in [0.15, 0.2) is 18.2 Å². The minimum Gasteiger partial charge on any atom is -0.495 e. The van der Waals surface area contributed by atoms with E-state index in [1.807, 2.05) is 17.0 Å². The minimum absolute atomic E-state index is 0.118. The Morgan fingerprint density at radius 1 is 1.42 bits per heavy atom. The van der Waals surface area contributed by atoms with Gasteiger partial charge in [-0.15, -0.1) is 0 Å². The van der Waals surface area contributed by atoms with E-state index in [0.717, 1.165) is 25.1 Å². The summed E-state index contributed by atoms with van der Waals surface area (Å²) in [5, 5.41) is 9.34. The number of unbranched alkanes of at least 4 members (excludes halogenated alkanes) is 1. The molecule has 0 unspecified atom stereocenters. The molecule has 0 aliphatic carbocycles. The Morgan fingerprint density at radius 2 is 2.16 bits per heavy atom. The third kappa shape index (κ3) is 4.99. The summed E-state index contributed by atoms with van der Waals surface area (Å²) < 4.78 is 5.11. The maximum atomic E-state index is 10.7. The largest absolute Gasteiger partial charge is 0.495 e. The summed E-state index contributed by atoms with van der Waals surface area (Å²) in [5.74, 6) is -0.166. The van der Waals surface area contributed by atoms with Crippen LogP contribution < -0.4 is 9.64 Å². The molecule has 0 spiro atoms. The van der Waals surface area contributed by atoms with E-state index in [9.17, 15) is 4.79 Å². The van der Waals surface area contributed by atoms with Gasteiger partial charge in [-0.1, -0.05) is 24.9 Å². The molecular formula is C14H20ClNO3. The van der Waals surface area contributed by atoms with Crippen LogP contribution in [0.2, 0.25) is 5.02 Å². The van der Waals surface area contributed by atoms with Crippen LogP contribution in [0.25, 0.3) is 0 Å². The monoisotopic (exact) mass is 285 g/mol. The molecule has 0 saturated carbocycles. The number of anilines is 1. The lowest BCUT2D eigenvalue weighted by atomic mass is 10.2. The molecule has 0 aliphatic heterocycles. The molecule has 19 heavy (non-hydrogen) atoms.